The Morgan fingerprint density at radius 1 is 0.968 bits per heavy atom. The van der Waals surface area contributed by atoms with Crippen molar-refractivity contribution in [3.8, 4) is 0 Å². The van der Waals surface area contributed by atoms with Crippen molar-refractivity contribution in [2.75, 3.05) is 37.6 Å². The maximum Gasteiger partial charge on any atom is 0.269 e. The predicted molar refractivity (Wildman–Crippen MR) is 111 cm³/mol. The van der Waals surface area contributed by atoms with Gasteiger partial charge in [0, 0.05) is 57.0 Å². The number of nitro benzene ring substituents is 1. The van der Waals surface area contributed by atoms with Crippen molar-refractivity contribution >= 4 is 29.1 Å². The normalized spacial score (nSPS) is 29.1. The summed E-state index contributed by atoms with van der Waals surface area (Å²) in [6.07, 6.45) is 5.18. The molecule has 0 radical (unpaired) electrons. The number of hydrogen-bond donors (Lipinski definition) is 0. The molecule has 2 bridgehead atoms. The van der Waals surface area contributed by atoms with Crippen LogP contribution in [0.4, 0.5) is 11.4 Å². The van der Waals surface area contributed by atoms with Gasteiger partial charge in [-0.05, 0) is 30.4 Å². The summed E-state index contributed by atoms with van der Waals surface area (Å²) in [6, 6.07) is 6.40. The number of imide groups is 1. The van der Waals surface area contributed by atoms with Gasteiger partial charge < -0.3 is 9.80 Å². The van der Waals surface area contributed by atoms with Gasteiger partial charge in [0.05, 0.1) is 16.8 Å². The van der Waals surface area contributed by atoms with Crippen LogP contribution in [0, 0.1) is 33.8 Å². The molecule has 4 atom stereocenters. The number of carbonyl (C=O) groups excluding carboxylic acids is 3. The molecule has 2 saturated heterocycles. The minimum absolute atomic E-state index is 0.0523. The molecule has 1 aromatic carbocycles. The molecule has 1 saturated carbocycles. The molecule has 9 nitrogen and oxygen atoms in total. The van der Waals surface area contributed by atoms with E-state index in [-0.39, 0.29) is 60.0 Å². The molecule has 3 amide bonds. The van der Waals surface area contributed by atoms with E-state index < -0.39 is 4.92 Å². The number of likely N-dealkylation sites (tertiary alicyclic amines) is 1. The summed E-state index contributed by atoms with van der Waals surface area (Å²) < 4.78 is 0. The monoisotopic (exact) mass is 424 g/mol. The fourth-order valence-corrected chi connectivity index (χ4v) is 5.55. The van der Waals surface area contributed by atoms with E-state index in [1.165, 1.54) is 17.0 Å². The van der Waals surface area contributed by atoms with E-state index in [0.29, 0.717) is 26.2 Å². The number of fused-ring (bicyclic) bond motifs is 5. The third kappa shape index (κ3) is 3.28. The van der Waals surface area contributed by atoms with Crippen molar-refractivity contribution in [1.29, 1.82) is 0 Å². The average molecular weight is 424 g/mol. The lowest BCUT2D eigenvalue weighted by Gasteiger charge is -2.36. The number of rotatable bonds is 5. The van der Waals surface area contributed by atoms with Crippen LogP contribution in [0.3, 0.4) is 0 Å². The van der Waals surface area contributed by atoms with Gasteiger partial charge >= 0.3 is 0 Å². The van der Waals surface area contributed by atoms with Crippen LogP contribution in [0.5, 0.6) is 0 Å². The standard InChI is InChI=1S/C22H24N4O5/c27-18(7-8-25-21(28)19-14-1-2-15(13-14)20(19)22(25)29)24-11-9-23(10-12-24)16-3-5-17(6-4-16)26(30)31/h1-6,14-15,19-20H,7-13H2/t14-,15-,19-,20+/m0/s1. The van der Waals surface area contributed by atoms with Crippen molar-refractivity contribution in [2.45, 2.75) is 12.8 Å². The van der Waals surface area contributed by atoms with Crippen LogP contribution in [-0.4, -0.2) is 65.2 Å². The summed E-state index contributed by atoms with van der Waals surface area (Å²) in [5.41, 5.74) is 0.942. The second-order valence-electron chi connectivity index (χ2n) is 8.72. The zero-order chi connectivity index (χ0) is 21.7. The first kappa shape index (κ1) is 19.7. The Kier molecular flexibility index (Phi) is 4.75. The number of anilines is 1. The second kappa shape index (κ2) is 7.47. The minimum atomic E-state index is -0.426. The van der Waals surface area contributed by atoms with Crippen molar-refractivity contribution in [2.24, 2.45) is 23.7 Å². The maximum absolute atomic E-state index is 12.7. The first-order valence-electron chi connectivity index (χ1n) is 10.7. The Morgan fingerprint density at radius 2 is 1.55 bits per heavy atom. The smallest absolute Gasteiger partial charge is 0.269 e. The fraction of sp³-hybridized carbons (Fsp3) is 0.500. The Balaban J connectivity index is 1.13. The molecule has 2 heterocycles. The first-order valence-corrected chi connectivity index (χ1v) is 10.7. The maximum atomic E-state index is 12.7. The van der Waals surface area contributed by atoms with Gasteiger partial charge in [-0.2, -0.15) is 0 Å². The molecular formula is C22H24N4O5. The number of carbonyl (C=O) groups is 3. The molecule has 1 aromatic rings. The summed E-state index contributed by atoms with van der Waals surface area (Å²) in [6.45, 7) is 2.49. The summed E-state index contributed by atoms with van der Waals surface area (Å²) in [5, 5.41) is 10.8. The zero-order valence-corrected chi connectivity index (χ0v) is 17.1. The number of allylic oxidation sites excluding steroid dienone is 2. The minimum Gasteiger partial charge on any atom is -0.368 e. The number of amides is 3. The lowest BCUT2D eigenvalue weighted by Crippen LogP contribution is -2.49. The summed E-state index contributed by atoms with van der Waals surface area (Å²) in [4.78, 5) is 53.7. The molecule has 3 fully saturated rings. The molecule has 162 valence electrons. The molecule has 0 spiro atoms. The van der Waals surface area contributed by atoms with Crippen molar-refractivity contribution in [1.82, 2.24) is 9.80 Å². The molecule has 31 heavy (non-hydrogen) atoms. The number of benzene rings is 1. The molecule has 5 rings (SSSR count). The quantitative estimate of drug-likeness (QED) is 0.307. The molecule has 4 aliphatic rings. The Labute approximate surface area is 179 Å². The van der Waals surface area contributed by atoms with Crippen LogP contribution in [0.1, 0.15) is 12.8 Å². The summed E-state index contributed by atoms with van der Waals surface area (Å²) in [5.74, 6) is -0.350. The van der Waals surface area contributed by atoms with Crippen molar-refractivity contribution < 1.29 is 19.3 Å². The third-order valence-corrected chi connectivity index (χ3v) is 7.17. The SMILES string of the molecule is O=C(CCN1C(=O)[C@@H]2[C@H](C1=O)[C@H]1C=C[C@H]2C1)N1CCN(c2ccc([N+](=O)[O-])cc2)CC1. The zero-order valence-electron chi connectivity index (χ0n) is 17.1. The van der Waals surface area contributed by atoms with E-state index in [1.54, 1.807) is 17.0 Å². The van der Waals surface area contributed by atoms with E-state index in [4.69, 9.17) is 0 Å². The first-order chi connectivity index (χ1) is 14.9. The Morgan fingerprint density at radius 3 is 2.10 bits per heavy atom. The van der Waals surface area contributed by atoms with Crippen LogP contribution in [0.15, 0.2) is 36.4 Å². The van der Waals surface area contributed by atoms with Gasteiger partial charge in [-0.3, -0.25) is 29.4 Å². The van der Waals surface area contributed by atoms with E-state index in [2.05, 4.69) is 17.1 Å². The number of non-ortho nitro benzene ring substituents is 1. The van der Waals surface area contributed by atoms with Gasteiger partial charge in [0.25, 0.3) is 5.69 Å². The van der Waals surface area contributed by atoms with E-state index in [1.807, 2.05) is 0 Å². The molecular weight excluding hydrogens is 400 g/mol. The van der Waals surface area contributed by atoms with Gasteiger partial charge in [0.2, 0.25) is 17.7 Å². The molecule has 0 N–H and O–H groups in total. The average Bonchev–Trinajstić information content (AvgIpc) is 3.46. The fourth-order valence-electron chi connectivity index (χ4n) is 5.55. The van der Waals surface area contributed by atoms with Crippen molar-refractivity contribution in [3.05, 3.63) is 46.5 Å². The molecule has 2 aliphatic carbocycles. The van der Waals surface area contributed by atoms with Gasteiger partial charge in [-0.1, -0.05) is 12.2 Å². The topological polar surface area (TPSA) is 104 Å². The second-order valence-corrected chi connectivity index (χ2v) is 8.72. The summed E-state index contributed by atoms with van der Waals surface area (Å²) in [7, 11) is 0. The van der Waals surface area contributed by atoms with Gasteiger partial charge in [0.15, 0.2) is 0 Å². The molecule has 0 aromatic heterocycles. The highest BCUT2D eigenvalue weighted by Gasteiger charge is 2.59. The highest BCUT2D eigenvalue weighted by Crippen LogP contribution is 2.52. The van der Waals surface area contributed by atoms with E-state index in [0.717, 1.165) is 12.1 Å². The van der Waals surface area contributed by atoms with Gasteiger partial charge in [-0.25, -0.2) is 0 Å². The van der Waals surface area contributed by atoms with Crippen LogP contribution in [-0.2, 0) is 14.4 Å². The van der Waals surface area contributed by atoms with Crippen LogP contribution in [0.25, 0.3) is 0 Å². The van der Waals surface area contributed by atoms with E-state index >= 15 is 0 Å². The van der Waals surface area contributed by atoms with Crippen LogP contribution < -0.4 is 4.90 Å². The summed E-state index contributed by atoms with van der Waals surface area (Å²) >= 11 is 0. The van der Waals surface area contributed by atoms with Gasteiger partial charge in [0.1, 0.15) is 0 Å². The molecule has 0 unspecified atom stereocenters. The number of nitrogens with zero attached hydrogens (tertiary/aromatic N) is 4. The Bertz CT molecular complexity index is 937. The lowest BCUT2D eigenvalue weighted by molar-refractivity contribution is -0.384. The number of piperazine rings is 1. The Hall–Kier alpha value is -3.23. The molecule has 9 heteroatoms. The number of hydrogen-bond acceptors (Lipinski definition) is 6. The van der Waals surface area contributed by atoms with Crippen LogP contribution in [0.2, 0.25) is 0 Å². The number of nitro groups is 1. The van der Waals surface area contributed by atoms with Crippen molar-refractivity contribution in [3.63, 3.8) is 0 Å². The predicted octanol–water partition coefficient (Wildman–Crippen LogP) is 1.44. The van der Waals surface area contributed by atoms with Crippen LogP contribution >= 0.6 is 0 Å². The highest BCUT2D eigenvalue weighted by molar-refractivity contribution is 6.06. The molecule has 2 aliphatic heterocycles. The highest BCUT2D eigenvalue weighted by atomic mass is 16.6. The third-order valence-electron chi connectivity index (χ3n) is 7.17. The lowest BCUT2D eigenvalue weighted by atomic mass is 9.85. The van der Waals surface area contributed by atoms with E-state index in [9.17, 15) is 24.5 Å². The largest absolute Gasteiger partial charge is 0.368 e. The van der Waals surface area contributed by atoms with Gasteiger partial charge in [-0.15, -0.1) is 0 Å².